The predicted molar refractivity (Wildman–Crippen MR) is 78.8 cm³/mol. The molecule has 0 saturated carbocycles. The first-order valence-electron chi connectivity index (χ1n) is 7.20. The molecule has 0 unspecified atom stereocenters. The number of amides is 1. The third-order valence-electron chi connectivity index (χ3n) is 4.61. The number of hydrogen-bond acceptors (Lipinski definition) is 3. The van der Waals surface area contributed by atoms with Crippen molar-refractivity contribution in [2.24, 2.45) is 5.92 Å². The first kappa shape index (κ1) is 13.7. The number of halogens is 2. The van der Waals surface area contributed by atoms with Gasteiger partial charge in [0.05, 0.1) is 29.2 Å². The SMILES string of the molecule is O=C(N[C@H]1COc2c1ccc(Cl)c2Cl)[C@@H]1C[C@H]2CC[C@H]1O2. The van der Waals surface area contributed by atoms with Gasteiger partial charge in [-0.25, -0.2) is 0 Å². The first-order chi connectivity index (χ1) is 10.1. The molecule has 3 heterocycles. The Bertz CT molecular complexity index is 607. The lowest BCUT2D eigenvalue weighted by atomic mass is 9.88. The molecule has 1 aromatic rings. The Hall–Kier alpha value is -0.970. The molecule has 2 fully saturated rings. The summed E-state index contributed by atoms with van der Waals surface area (Å²) in [6.07, 6.45) is 3.26. The lowest BCUT2D eigenvalue weighted by molar-refractivity contribution is -0.127. The van der Waals surface area contributed by atoms with Gasteiger partial charge in [-0.15, -0.1) is 0 Å². The van der Waals surface area contributed by atoms with Crippen LogP contribution in [0.4, 0.5) is 0 Å². The van der Waals surface area contributed by atoms with E-state index in [2.05, 4.69) is 5.32 Å². The Balaban J connectivity index is 1.50. The summed E-state index contributed by atoms with van der Waals surface area (Å²) in [7, 11) is 0. The highest BCUT2D eigenvalue weighted by atomic mass is 35.5. The minimum Gasteiger partial charge on any atom is -0.489 e. The zero-order valence-electron chi connectivity index (χ0n) is 11.3. The van der Waals surface area contributed by atoms with E-state index < -0.39 is 0 Å². The number of hydrogen-bond donors (Lipinski definition) is 1. The van der Waals surface area contributed by atoms with Gasteiger partial charge in [0.15, 0.2) is 0 Å². The molecule has 21 heavy (non-hydrogen) atoms. The van der Waals surface area contributed by atoms with Crippen LogP contribution >= 0.6 is 23.2 Å². The van der Waals surface area contributed by atoms with Crippen molar-refractivity contribution in [3.63, 3.8) is 0 Å². The highest BCUT2D eigenvalue weighted by Crippen LogP contribution is 2.43. The van der Waals surface area contributed by atoms with Gasteiger partial charge in [0, 0.05) is 5.56 Å². The van der Waals surface area contributed by atoms with Gasteiger partial charge >= 0.3 is 0 Å². The molecule has 4 rings (SSSR count). The van der Waals surface area contributed by atoms with E-state index in [1.165, 1.54) is 0 Å². The van der Waals surface area contributed by atoms with E-state index >= 15 is 0 Å². The molecule has 1 aromatic carbocycles. The van der Waals surface area contributed by atoms with E-state index in [1.54, 1.807) is 6.07 Å². The molecule has 6 heteroatoms. The maximum absolute atomic E-state index is 12.4. The average Bonchev–Trinajstić information content (AvgIpc) is 3.18. The van der Waals surface area contributed by atoms with E-state index in [9.17, 15) is 4.79 Å². The zero-order valence-corrected chi connectivity index (χ0v) is 12.8. The van der Waals surface area contributed by atoms with Crippen LogP contribution in [0.15, 0.2) is 12.1 Å². The number of carbonyl (C=O) groups excluding carboxylic acids is 1. The minimum absolute atomic E-state index is 0.0319. The zero-order chi connectivity index (χ0) is 14.6. The predicted octanol–water partition coefficient (Wildman–Crippen LogP) is 3.11. The highest BCUT2D eigenvalue weighted by Gasteiger charge is 2.45. The Labute approximate surface area is 132 Å². The number of ether oxygens (including phenoxy) is 2. The summed E-state index contributed by atoms with van der Waals surface area (Å²) in [4.78, 5) is 12.4. The van der Waals surface area contributed by atoms with E-state index in [0.717, 1.165) is 24.8 Å². The topological polar surface area (TPSA) is 47.6 Å². The second-order valence-corrected chi connectivity index (χ2v) is 6.65. The number of carbonyl (C=O) groups is 1. The van der Waals surface area contributed by atoms with Gasteiger partial charge in [-0.3, -0.25) is 4.79 Å². The van der Waals surface area contributed by atoms with Crippen molar-refractivity contribution in [2.45, 2.75) is 37.5 Å². The van der Waals surface area contributed by atoms with Gasteiger partial charge in [-0.1, -0.05) is 29.3 Å². The summed E-state index contributed by atoms with van der Waals surface area (Å²) in [5.41, 5.74) is 0.891. The summed E-state index contributed by atoms with van der Waals surface area (Å²) >= 11 is 12.1. The Morgan fingerprint density at radius 2 is 2.14 bits per heavy atom. The molecule has 0 aliphatic carbocycles. The van der Waals surface area contributed by atoms with Crippen molar-refractivity contribution >= 4 is 29.1 Å². The largest absolute Gasteiger partial charge is 0.489 e. The number of nitrogens with one attached hydrogen (secondary N) is 1. The third-order valence-corrected chi connectivity index (χ3v) is 5.40. The Morgan fingerprint density at radius 1 is 1.29 bits per heavy atom. The average molecular weight is 328 g/mol. The fraction of sp³-hybridized carbons (Fsp3) is 0.533. The summed E-state index contributed by atoms with van der Waals surface area (Å²) < 4.78 is 11.3. The minimum atomic E-state index is -0.165. The van der Waals surface area contributed by atoms with E-state index in [0.29, 0.717) is 22.4 Å². The van der Waals surface area contributed by atoms with Crippen LogP contribution in [-0.2, 0) is 9.53 Å². The van der Waals surface area contributed by atoms with Crippen molar-refractivity contribution < 1.29 is 14.3 Å². The van der Waals surface area contributed by atoms with Gasteiger partial charge in [0.25, 0.3) is 0 Å². The second-order valence-electron chi connectivity index (χ2n) is 5.87. The van der Waals surface area contributed by atoms with Crippen molar-refractivity contribution in [2.75, 3.05) is 6.61 Å². The van der Waals surface area contributed by atoms with Crippen LogP contribution in [0, 0.1) is 5.92 Å². The second kappa shape index (κ2) is 5.04. The molecule has 0 radical (unpaired) electrons. The van der Waals surface area contributed by atoms with Gasteiger partial charge in [-0.2, -0.15) is 0 Å². The van der Waals surface area contributed by atoms with Gasteiger partial charge in [0.1, 0.15) is 17.4 Å². The van der Waals surface area contributed by atoms with Crippen molar-refractivity contribution in [1.82, 2.24) is 5.32 Å². The van der Waals surface area contributed by atoms with Gasteiger partial charge in [0.2, 0.25) is 5.91 Å². The molecular weight excluding hydrogens is 313 g/mol. The number of benzene rings is 1. The molecule has 4 atom stereocenters. The molecule has 0 aromatic heterocycles. The molecule has 3 aliphatic rings. The monoisotopic (exact) mass is 327 g/mol. The van der Waals surface area contributed by atoms with Crippen LogP contribution in [-0.4, -0.2) is 24.7 Å². The molecule has 0 spiro atoms. The van der Waals surface area contributed by atoms with E-state index in [4.69, 9.17) is 32.7 Å². The lowest BCUT2D eigenvalue weighted by Crippen LogP contribution is -2.38. The molecule has 1 amide bonds. The Morgan fingerprint density at radius 3 is 2.86 bits per heavy atom. The fourth-order valence-corrected chi connectivity index (χ4v) is 3.91. The Kier molecular flexibility index (Phi) is 3.28. The number of fused-ring (bicyclic) bond motifs is 3. The molecule has 112 valence electrons. The van der Waals surface area contributed by atoms with E-state index in [1.807, 2.05) is 6.07 Å². The molecular formula is C15H15Cl2NO3. The molecule has 4 nitrogen and oxygen atoms in total. The van der Waals surface area contributed by atoms with E-state index in [-0.39, 0.29) is 30.1 Å². The summed E-state index contributed by atoms with van der Waals surface area (Å²) in [6, 6.07) is 3.43. The smallest absolute Gasteiger partial charge is 0.226 e. The third kappa shape index (κ3) is 2.20. The maximum atomic E-state index is 12.4. The fourth-order valence-electron chi connectivity index (χ4n) is 3.54. The highest BCUT2D eigenvalue weighted by molar-refractivity contribution is 6.43. The van der Waals surface area contributed by atoms with Crippen LogP contribution in [0.25, 0.3) is 0 Å². The van der Waals surface area contributed by atoms with Crippen molar-refractivity contribution in [3.8, 4) is 5.75 Å². The first-order valence-corrected chi connectivity index (χ1v) is 7.95. The standard InChI is InChI=1S/C15H15Cl2NO3/c16-10-3-2-8-11(6-20-14(8)13(10)17)18-15(19)9-5-7-1-4-12(9)21-7/h2-3,7,9,11-12H,1,4-6H2,(H,18,19)/t7-,9-,11+,12-/m1/s1. The number of rotatable bonds is 2. The molecule has 3 aliphatic heterocycles. The summed E-state index contributed by atoms with van der Waals surface area (Å²) in [5.74, 6) is 0.601. The van der Waals surface area contributed by atoms with Gasteiger partial charge in [-0.05, 0) is 25.3 Å². The van der Waals surface area contributed by atoms with Crippen LogP contribution < -0.4 is 10.1 Å². The van der Waals surface area contributed by atoms with Crippen molar-refractivity contribution in [3.05, 3.63) is 27.7 Å². The van der Waals surface area contributed by atoms with Crippen LogP contribution in [0.1, 0.15) is 30.9 Å². The maximum Gasteiger partial charge on any atom is 0.226 e. The van der Waals surface area contributed by atoms with Crippen molar-refractivity contribution in [1.29, 1.82) is 0 Å². The molecule has 1 N–H and O–H groups in total. The lowest BCUT2D eigenvalue weighted by Gasteiger charge is -2.20. The van der Waals surface area contributed by atoms with Crippen LogP contribution in [0.2, 0.25) is 10.0 Å². The normalized spacial score (nSPS) is 32.9. The van der Waals surface area contributed by atoms with Gasteiger partial charge < -0.3 is 14.8 Å². The van der Waals surface area contributed by atoms with Crippen LogP contribution in [0.3, 0.4) is 0 Å². The summed E-state index contributed by atoms with van der Waals surface area (Å²) in [5, 5.41) is 3.94. The molecule has 2 saturated heterocycles. The summed E-state index contributed by atoms with van der Waals surface area (Å²) in [6.45, 7) is 0.392. The van der Waals surface area contributed by atoms with Crippen LogP contribution in [0.5, 0.6) is 5.75 Å². The molecule has 2 bridgehead atoms. The quantitative estimate of drug-likeness (QED) is 0.907.